The largest absolute Gasteiger partial charge is 0.387 e. The van der Waals surface area contributed by atoms with Crippen molar-refractivity contribution < 1.29 is 29.9 Å². The molecule has 0 spiro atoms. The van der Waals surface area contributed by atoms with Crippen molar-refractivity contribution in [1.82, 2.24) is 0 Å². The van der Waals surface area contributed by atoms with Gasteiger partial charge in [-0.1, -0.05) is 91.0 Å². The summed E-state index contributed by atoms with van der Waals surface area (Å²) in [5.41, 5.74) is 1.59. The monoisotopic (exact) mass is 422 g/mol. The van der Waals surface area contributed by atoms with Gasteiger partial charge in [0.1, 0.15) is 30.0 Å². The first kappa shape index (κ1) is 21.6. The van der Waals surface area contributed by atoms with Gasteiger partial charge in [-0.15, -0.1) is 0 Å². The fourth-order valence-corrected chi connectivity index (χ4v) is 4.04. The highest BCUT2D eigenvalue weighted by molar-refractivity contribution is 5.47. The number of rotatable bonds is 6. The molecule has 6 nitrogen and oxygen atoms in total. The van der Waals surface area contributed by atoms with Crippen LogP contribution >= 0.6 is 0 Å². The highest BCUT2D eigenvalue weighted by Crippen LogP contribution is 2.41. The number of hydrogen-bond acceptors (Lipinski definition) is 6. The highest BCUT2D eigenvalue weighted by atomic mass is 16.6. The molecule has 0 saturated carbocycles. The molecule has 1 saturated heterocycles. The molecule has 1 fully saturated rings. The first-order chi connectivity index (χ1) is 15.0. The Kier molecular flexibility index (Phi) is 6.48. The smallest absolute Gasteiger partial charge is 0.184 e. The van der Waals surface area contributed by atoms with E-state index in [1.807, 2.05) is 91.0 Å². The first-order valence-corrected chi connectivity index (χ1v) is 10.2. The topological polar surface area (TPSA) is 99.4 Å². The number of aliphatic hydroxyl groups is 4. The van der Waals surface area contributed by atoms with E-state index < -0.39 is 36.3 Å². The van der Waals surface area contributed by atoms with Crippen LogP contribution in [0.25, 0.3) is 0 Å². The fraction of sp³-hybridized carbons (Fsp3) is 0.280. The summed E-state index contributed by atoms with van der Waals surface area (Å²) in [6, 6.07) is 29.1. The summed E-state index contributed by atoms with van der Waals surface area (Å²) in [6.45, 7) is -0.138. The zero-order chi connectivity index (χ0) is 21.8. The molecule has 6 heteroatoms. The van der Waals surface area contributed by atoms with Crippen molar-refractivity contribution in [2.24, 2.45) is 0 Å². The summed E-state index contributed by atoms with van der Waals surface area (Å²) in [5, 5.41) is 40.2. The Labute approximate surface area is 180 Å². The molecule has 0 amide bonds. The molecule has 0 bridgehead atoms. The zero-order valence-corrected chi connectivity index (χ0v) is 16.9. The summed E-state index contributed by atoms with van der Waals surface area (Å²) in [7, 11) is 0. The molecule has 31 heavy (non-hydrogen) atoms. The van der Waals surface area contributed by atoms with Gasteiger partial charge >= 0.3 is 0 Å². The summed E-state index contributed by atoms with van der Waals surface area (Å²) in [5.74, 6) is 0. The van der Waals surface area contributed by atoms with Gasteiger partial charge in [0.25, 0.3) is 0 Å². The fourth-order valence-electron chi connectivity index (χ4n) is 4.04. The van der Waals surface area contributed by atoms with E-state index in [0.717, 1.165) is 16.7 Å². The molecule has 1 aliphatic heterocycles. The van der Waals surface area contributed by atoms with E-state index in [1.165, 1.54) is 0 Å². The molecule has 4 N–H and O–H groups in total. The van der Waals surface area contributed by atoms with Crippen molar-refractivity contribution in [1.29, 1.82) is 0 Å². The first-order valence-electron chi connectivity index (χ1n) is 10.2. The summed E-state index contributed by atoms with van der Waals surface area (Å²) in [6.07, 6.45) is -7.21. The van der Waals surface area contributed by atoms with E-state index in [9.17, 15) is 20.4 Å². The maximum Gasteiger partial charge on any atom is 0.184 e. The zero-order valence-electron chi connectivity index (χ0n) is 16.9. The third-order valence-electron chi connectivity index (χ3n) is 5.69. The SMILES string of the molecule is OC1[C@H](O)C(COC(c2ccccc2)(c2ccccc2)c2ccccc2)O[C@@H](O)[C@H]1O. The van der Waals surface area contributed by atoms with Gasteiger partial charge < -0.3 is 29.9 Å². The molecule has 0 aromatic heterocycles. The van der Waals surface area contributed by atoms with Crippen molar-refractivity contribution in [2.45, 2.75) is 36.3 Å². The average molecular weight is 422 g/mol. The van der Waals surface area contributed by atoms with Gasteiger partial charge in [-0.05, 0) is 16.7 Å². The van der Waals surface area contributed by atoms with Crippen LogP contribution < -0.4 is 0 Å². The molecular weight excluding hydrogens is 396 g/mol. The molecule has 162 valence electrons. The van der Waals surface area contributed by atoms with Crippen LogP contribution in [0, 0.1) is 0 Å². The lowest BCUT2D eigenvalue weighted by atomic mass is 9.80. The quantitative estimate of drug-likeness (QED) is 0.452. The Morgan fingerprint density at radius 3 is 1.45 bits per heavy atom. The number of benzene rings is 3. The van der Waals surface area contributed by atoms with E-state index in [4.69, 9.17) is 9.47 Å². The number of ether oxygens (including phenoxy) is 2. The normalized spacial score (nSPS) is 26.5. The van der Waals surface area contributed by atoms with E-state index >= 15 is 0 Å². The van der Waals surface area contributed by atoms with Crippen LogP contribution in [0.15, 0.2) is 91.0 Å². The maximum absolute atomic E-state index is 10.4. The van der Waals surface area contributed by atoms with Gasteiger partial charge in [0.2, 0.25) is 0 Å². The van der Waals surface area contributed by atoms with E-state index in [-0.39, 0.29) is 6.61 Å². The van der Waals surface area contributed by atoms with Crippen molar-refractivity contribution in [3.8, 4) is 0 Å². The molecular formula is C25H26O6. The summed E-state index contributed by atoms with van der Waals surface area (Å²) in [4.78, 5) is 0. The molecule has 2 unspecified atom stereocenters. The molecule has 3 aromatic rings. The van der Waals surface area contributed by atoms with Gasteiger partial charge in [0, 0.05) is 0 Å². The maximum atomic E-state index is 10.4. The van der Waals surface area contributed by atoms with Gasteiger partial charge in [0.15, 0.2) is 6.29 Å². The van der Waals surface area contributed by atoms with Crippen LogP contribution in [0.1, 0.15) is 16.7 Å². The summed E-state index contributed by atoms with van der Waals surface area (Å²) < 4.78 is 11.9. The lowest BCUT2D eigenvalue weighted by molar-refractivity contribution is -0.291. The van der Waals surface area contributed by atoms with Crippen molar-refractivity contribution >= 4 is 0 Å². The lowest BCUT2D eigenvalue weighted by Gasteiger charge is -2.41. The van der Waals surface area contributed by atoms with Crippen LogP contribution in [0.3, 0.4) is 0 Å². The number of hydrogen-bond donors (Lipinski definition) is 4. The molecule has 3 aromatic carbocycles. The van der Waals surface area contributed by atoms with E-state index in [0.29, 0.717) is 0 Å². The van der Waals surface area contributed by atoms with Crippen LogP contribution in [0.5, 0.6) is 0 Å². The summed E-state index contributed by atoms with van der Waals surface area (Å²) >= 11 is 0. The highest BCUT2D eigenvalue weighted by Gasteiger charge is 2.45. The van der Waals surface area contributed by atoms with Crippen LogP contribution in [-0.2, 0) is 15.1 Å². The molecule has 5 atom stereocenters. The van der Waals surface area contributed by atoms with Gasteiger partial charge in [-0.2, -0.15) is 0 Å². The molecule has 0 aliphatic carbocycles. The van der Waals surface area contributed by atoms with E-state index in [1.54, 1.807) is 0 Å². The van der Waals surface area contributed by atoms with Crippen LogP contribution in [0.2, 0.25) is 0 Å². The predicted octanol–water partition coefficient (Wildman–Crippen LogP) is 1.79. The second kappa shape index (κ2) is 9.28. The van der Waals surface area contributed by atoms with Crippen molar-refractivity contribution in [3.63, 3.8) is 0 Å². The van der Waals surface area contributed by atoms with Crippen molar-refractivity contribution in [2.75, 3.05) is 6.61 Å². The minimum Gasteiger partial charge on any atom is -0.387 e. The van der Waals surface area contributed by atoms with Crippen LogP contribution in [0.4, 0.5) is 0 Å². The standard InChI is InChI=1S/C25H26O6/c26-21-20(31-24(29)23(28)22(21)27)16-30-25(17-10-4-1-5-11-17,18-12-6-2-7-13-18)19-14-8-3-9-15-19/h1-15,20-24,26-29H,16H2/t20?,21-,22?,23+,24-/m1/s1. The second-order valence-electron chi connectivity index (χ2n) is 7.63. The molecule has 1 aliphatic rings. The van der Waals surface area contributed by atoms with Crippen molar-refractivity contribution in [3.05, 3.63) is 108 Å². The Hall–Kier alpha value is -2.58. The van der Waals surface area contributed by atoms with Gasteiger partial charge in [-0.3, -0.25) is 0 Å². The predicted molar refractivity (Wildman–Crippen MR) is 114 cm³/mol. The van der Waals surface area contributed by atoms with Gasteiger partial charge in [-0.25, -0.2) is 0 Å². The van der Waals surface area contributed by atoms with E-state index in [2.05, 4.69) is 0 Å². The van der Waals surface area contributed by atoms with Gasteiger partial charge in [0.05, 0.1) is 6.61 Å². The number of aliphatic hydroxyl groups excluding tert-OH is 4. The molecule has 4 rings (SSSR count). The minimum absolute atomic E-state index is 0.138. The lowest BCUT2D eigenvalue weighted by Crippen LogP contribution is -2.59. The third kappa shape index (κ3) is 4.14. The second-order valence-corrected chi connectivity index (χ2v) is 7.63. The Morgan fingerprint density at radius 2 is 1.03 bits per heavy atom. The Balaban J connectivity index is 1.78. The third-order valence-corrected chi connectivity index (χ3v) is 5.69. The molecule has 1 heterocycles. The Bertz CT molecular complexity index is 853. The minimum atomic E-state index is -1.62. The van der Waals surface area contributed by atoms with Crippen LogP contribution in [-0.4, -0.2) is 57.7 Å². The average Bonchev–Trinajstić information content (AvgIpc) is 2.83. The Morgan fingerprint density at radius 1 is 0.613 bits per heavy atom. The molecule has 0 radical (unpaired) electrons.